The van der Waals surface area contributed by atoms with Crippen molar-refractivity contribution in [3.8, 4) is 0 Å². The molecule has 4 N–H and O–H groups in total. The third-order valence-electron chi connectivity index (χ3n) is 3.46. The van der Waals surface area contributed by atoms with Crippen LogP contribution in [-0.2, 0) is 9.59 Å². The molecule has 1 heterocycles. The molecule has 2 rings (SSSR count). The Labute approximate surface area is 95.1 Å². The van der Waals surface area contributed by atoms with Crippen LogP contribution in [0.1, 0.15) is 38.5 Å². The Morgan fingerprint density at radius 2 is 2.06 bits per heavy atom. The molecule has 0 radical (unpaired) electrons. The Kier molecular flexibility index (Phi) is 3.43. The van der Waals surface area contributed by atoms with Crippen molar-refractivity contribution in [1.82, 2.24) is 10.6 Å². The van der Waals surface area contributed by atoms with Crippen molar-refractivity contribution in [2.75, 3.05) is 0 Å². The zero-order valence-electron chi connectivity index (χ0n) is 9.37. The van der Waals surface area contributed by atoms with Crippen molar-refractivity contribution in [2.24, 2.45) is 5.73 Å². The molecular formula is C11H19N3O2. The van der Waals surface area contributed by atoms with Gasteiger partial charge in [-0.3, -0.25) is 9.59 Å². The molecule has 3 unspecified atom stereocenters. The van der Waals surface area contributed by atoms with Crippen LogP contribution >= 0.6 is 0 Å². The minimum Gasteiger partial charge on any atom is -0.350 e. The van der Waals surface area contributed by atoms with Crippen molar-refractivity contribution in [1.29, 1.82) is 0 Å². The SMILES string of the molecule is NC1CCCCC1NC(=O)C1CCC(=O)N1. The van der Waals surface area contributed by atoms with Crippen LogP contribution in [0.4, 0.5) is 0 Å². The van der Waals surface area contributed by atoms with Crippen LogP contribution in [0, 0.1) is 0 Å². The van der Waals surface area contributed by atoms with E-state index in [4.69, 9.17) is 5.73 Å². The first kappa shape index (κ1) is 11.4. The fourth-order valence-corrected chi connectivity index (χ4v) is 2.43. The summed E-state index contributed by atoms with van der Waals surface area (Å²) in [6.07, 6.45) is 5.25. The quantitative estimate of drug-likeness (QED) is 0.600. The summed E-state index contributed by atoms with van der Waals surface area (Å²) in [5.74, 6) is -0.110. The van der Waals surface area contributed by atoms with Gasteiger partial charge in [0.1, 0.15) is 6.04 Å². The normalized spacial score (nSPS) is 34.6. The topological polar surface area (TPSA) is 84.2 Å². The minimum absolute atomic E-state index is 0.0342. The Morgan fingerprint density at radius 1 is 1.31 bits per heavy atom. The van der Waals surface area contributed by atoms with E-state index in [2.05, 4.69) is 10.6 Å². The van der Waals surface area contributed by atoms with Crippen molar-refractivity contribution < 1.29 is 9.59 Å². The van der Waals surface area contributed by atoms with Crippen LogP contribution in [-0.4, -0.2) is 29.9 Å². The summed E-state index contributed by atoms with van der Waals surface area (Å²) in [4.78, 5) is 22.8. The molecule has 0 spiro atoms. The summed E-state index contributed by atoms with van der Waals surface area (Å²) < 4.78 is 0. The van der Waals surface area contributed by atoms with Gasteiger partial charge in [0, 0.05) is 18.5 Å². The van der Waals surface area contributed by atoms with Crippen molar-refractivity contribution in [2.45, 2.75) is 56.7 Å². The standard InChI is InChI=1S/C11H19N3O2/c12-7-3-1-2-4-8(7)14-11(16)9-5-6-10(15)13-9/h7-9H,1-6,12H2,(H,13,15)(H,14,16). The molecule has 2 fully saturated rings. The van der Waals surface area contributed by atoms with Crippen molar-refractivity contribution in [3.05, 3.63) is 0 Å². The molecule has 0 aromatic rings. The summed E-state index contributed by atoms with van der Waals surface area (Å²) in [6, 6.07) is -0.199. The van der Waals surface area contributed by atoms with Crippen LogP contribution < -0.4 is 16.4 Å². The molecule has 3 atom stereocenters. The molecule has 90 valence electrons. The number of nitrogens with one attached hydrogen (secondary N) is 2. The fraction of sp³-hybridized carbons (Fsp3) is 0.818. The van der Waals surface area contributed by atoms with E-state index in [1.165, 1.54) is 0 Å². The average Bonchev–Trinajstić information content (AvgIpc) is 2.68. The second-order valence-electron chi connectivity index (χ2n) is 4.72. The highest BCUT2D eigenvalue weighted by atomic mass is 16.2. The molecule has 2 amide bonds. The monoisotopic (exact) mass is 225 g/mol. The van der Waals surface area contributed by atoms with E-state index in [1.807, 2.05) is 0 Å². The average molecular weight is 225 g/mol. The largest absolute Gasteiger partial charge is 0.350 e. The third kappa shape index (κ3) is 2.52. The second kappa shape index (κ2) is 4.82. The maximum atomic E-state index is 11.8. The van der Waals surface area contributed by atoms with Crippen molar-refractivity contribution in [3.63, 3.8) is 0 Å². The summed E-state index contributed by atoms with van der Waals surface area (Å²) >= 11 is 0. The Balaban J connectivity index is 1.84. The number of hydrogen-bond acceptors (Lipinski definition) is 3. The summed E-state index contributed by atoms with van der Waals surface area (Å²) in [5, 5.41) is 5.62. The van der Waals surface area contributed by atoms with Crippen LogP contribution in [0.2, 0.25) is 0 Å². The zero-order valence-corrected chi connectivity index (χ0v) is 9.37. The second-order valence-corrected chi connectivity index (χ2v) is 4.72. The lowest BCUT2D eigenvalue weighted by atomic mass is 9.91. The van der Waals surface area contributed by atoms with Crippen LogP contribution in [0.15, 0.2) is 0 Å². The lowest BCUT2D eigenvalue weighted by Crippen LogP contribution is -2.53. The molecule has 5 heteroatoms. The van der Waals surface area contributed by atoms with E-state index >= 15 is 0 Å². The highest BCUT2D eigenvalue weighted by Gasteiger charge is 2.30. The third-order valence-corrected chi connectivity index (χ3v) is 3.46. The van der Waals surface area contributed by atoms with Crippen LogP contribution in [0.3, 0.4) is 0 Å². The van der Waals surface area contributed by atoms with E-state index in [0.717, 1.165) is 25.7 Å². The van der Waals surface area contributed by atoms with Gasteiger partial charge in [0.05, 0.1) is 0 Å². The molecule has 5 nitrogen and oxygen atoms in total. The Bertz CT molecular complexity index is 293. The molecule has 16 heavy (non-hydrogen) atoms. The summed E-state index contributed by atoms with van der Waals surface area (Å²) in [6.45, 7) is 0. The minimum atomic E-state index is -0.346. The lowest BCUT2D eigenvalue weighted by molar-refractivity contribution is -0.126. The first-order chi connectivity index (χ1) is 7.66. The predicted octanol–water partition coefficient (Wildman–Crippen LogP) is -0.349. The highest BCUT2D eigenvalue weighted by Crippen LogP contribution is 2.17. The smallest absolute Gasteiger partial charge is 0.242 e. The number of hydrogen-bond donors (Lipinski definition) is 3. The highest BCUT2D eigenvalue weighted by molar-refractivity contribution is 5.90. The molecular weight excluding hydrogens is 206 g/mol. The summed E-state index contributed by atoms with van der Waals surface area (Å²) in [7, 11) is 0. The molecule has 0 aromatic heterocycles. The first-order valence-corrected chi connectivity index (χ1v) is 6.02. The Hall–Kier alpha value is -1.10. The number of amides is 2. The predicted molar refractivity (Wildman–Crippen MR) is 59.5 cm³/mol. The molecule has 0 bridgehead atoms. The first-order valence-electron chi connectivity index (χ1n) is 6.02. The summed E-state index contributed by atoms with van der Waals surface area (Å²) in [5.41, 5.74) is 5.95. The van der Waals surface area contributed by atoms with Gasteiger partial charge < -0.3 is 16.4 Å². The molecule has 1 saturated heterocycles. The molecule has 1 aliphatic heterocycles. The fourth-order valence-electron chi connectivity index (χ4n) is 2.43. The lowest BCUT2D eigenvalue weighted by Gasteiger charge is -2.30. The van der Waals surface area contributed by atoms with Crippen molar-refractivity contribution >= 4 is 11.8 Å². The molecule has 2 aliphatic rings. The van der Waals surface area contributed by atoms with Gasteiger partial charge in [-0.2, -0.15) is 0 Å². The van der Waals surface area contributed by atoms with E-state index in [0.29, 0.717) is 12.8 Å². The van der Waals surface area contributed by atoms with Gasteiger partial charge in [-0.15, -0.1) is 0 Å². The van der Waals surface area contributed by atoms with E-state index in [-0.39, 0.29) is 29.9 Å². The van der Waals surface area contributed by atoms with E-state index in [9.17, 15) is 9.59 Å². The Morgan fingerprint density at radius 3 is 2.69 bits per heavy atom. The molecule has 1 aliphatic carbocycles. The van der Waals surface area contributed by atoms with E-state index in [1.54, 1.807) is 0 Å². The molecule has 0 aromatic carbocycles. The number of carbonyl (C=O) groups excluding carboxylic acids is 2. The van der Waals surface area contributed by atoms with Gasteiger partial charge in [-0.25, -0.2) is 0 Å². The van der Waals surface area contributed by atoms with Gasteiger partial charge in [0.2, 0.25) is 11.8 Å². The van der Waals surface area contributed by atoms with E-state index < -0.39 is 0 Å². The van der Waals surface area contributed by atoms with Gasteiger partial charge in [-0.05, 0) is 19.3 Å². The number of rotatable bonds is 2. The maximum Gasteiger partial charge on any atom is 0.242 e. The van der Waals surface area contributed by atoms with Crippen LogP contribution in [0.5, 0.6) is 0 Å². The molecule has 1 saturated carbocycles. The van der Waals surface area contributed by atoms with Crippen LogP contribution in [0.25, 0.3) is 0 Å². The number of nitrogens with two attached hydrogens (primary N) is 1. The zero-order chi connectivity index (χ0) is 11.5. The van der Waals surface area contributed by atoms with Gasteiger partial charge >= 0.3 is 0 Å². The number of carbonyl (C=O) groups is 2. The van der Waals surface area contributed by atoms with Gasteiger partial charge in [0.25, 0.3) is 0 Å². The van der Waals surface area contributed by atoms with Gasteiger partial charge in [0.15, 0.2) is 0 Å². The van der Waals surface area contributed by atoms with Gasteiger partial charge in [-0.1, -0.05) is 12.8 Å². The maximum absolute atomic E-state index is 11.8.